The minimum absolute atomic E-state index is 0.0347. The van der Waals surface area contributed by atoms with Gasteiger partial charge in [0.15, 0.2) is 4.90 Å². The van der Waals surface area contributed by atoms with Crippen molar-refractivity contribution in [1.29, 1.82) is 0 Å². The topological polar surface area (TPSA) is 145 Å². The molecule has 1 aromatic carbocycles. The van der Waals surface area contributed by atoms with E-state index in [1.165, 1.54) is 24.3 Å². The summed E-state index contributed by atoms with van der Waals surface area (Å²) >= 11 is 0. The number of nitrogens with one attached hydrogen (secondary N) is 1. The summed E-state index contributed by atoms with van der Waals surface area (Å²) in [4.78, 5) is 26.7. The second kappa shape index (κ2) is 8.39. The highest BCUT2D eigenvalue weighted by molar-refractivity contribution is 7.89. The smallest absolute Gasteiger partial charge is 0.289 e. The number of para-hydroxylation sites is 1. The molecule has 0 saturated heterocycles. The molecule has 0 bridgehead atoms. The van der Waals surface area contributed by atoms with Crippen LogP contribution in [0.15, 0.2) is 53.5 Å². The van der Waals surface area contributed by atoms with Crippen LogP contribution in [0.3, 0.4) is 0 Å². The van der Waals surface area contributed by atoms with E-state index in [1.54, 1.807) is 6.92 Å². The molecule has 27 heavy (non-hydrogen) atoms. The lowest BCUT2D eigenvalue weighted by Gasteiger charge is -2.34. The molecule has 1 aliphatic heterocycles. The summed E-state index contributed by atoms with van der Waals surface area (Å²) in [7, 11) is -4.39. The van der Waals surface area contributed by atoms with Crippen LogP contribution >= 0.6 is 0 Å². The van der Waals surface area contributed by atoms with Crippen molar-refractivity contribution in [2.45, 2.75) is 23.9 Å². The molecular weight excluding hydrogens is 376 g/mol. The van der Waals surface area contributed by atoms with Crippen molar-refractivity contribution in [3.8, 4) is 0 Å². The largest absolute Gasteiger partial charge is 0.368 e. The van der Waals surface area contributed by atoms with Crippen molar-refractivity contribution in [3.63, 3.8) is 0 Å². The Morgan fingerprint density at radius 1 is 1.52 bits per heavy atom. The zero-order chi connectivity index (χ0) is 20.2. The number of hydroxylamine groups is 1. The molecule has 11 heteroatoms. The Bertz CT molecular complexity index is 883. The van der Waals surface area contributed by atoms with Gasteiger partial charge in [0.1, 0.15) is 6.04 Å². The van der Waals surface area contributed by atoms with Gasteiger partial charge in [0.2, 0.25) is 5.91 Å². The third-order valence-corrected chi connectivity index (χ3v) is 5.68. The summed E-state index contributed by atoms with van der Waals surface area (Å²) in [6.45, 7) is 5.01. The lowest BCUT2D eigenvalue weighted by molar-refractivity contribution is -0.387. The number of carbonyl (C=O) groups excluding carboxylic acids is 1. The second-order valence-corrected chi connectivity index (χ2v) is 7.53. The maximum atomic E-state index is 13.1. The molecule has 0 saturated carbocycles. The van der Waals surface area contributed by atoms with Gasteiger partial charge in [-0.3, -0.25) is 19.7 Å². The number of nitro benzene ring substituents is 1. The van der Waals surface area contributed by atoms with Gasteiger partial charge in [-0.15, -0.1) is 6.58 Å². The predicted molar refractivity (Wildman–Crippen MR) is 96.8 cm³/mol. The minimum atomic E-state index is -4.39. The van der Waals surface area contributed by atoms with Crippen LogP contribution in [0.25, 0.3) is 0 Å². The number of hydrogen-bond donors (Lipinski definition) is 2. The van der Waals surface area contributed by atoms with E-state index in [0.717, 1.165) is 12.1 Å². The predicted octanol–water partition coefficient (Wildman–Crippen LogP) is 0.475. The normalized spacial score (nSPS) is 20.1. The molecule has 0 spiro atoms. The fourth-order valence-electron chi connectivity index (χ4n) is 2.63. The van der Waals surface area contributed by atoms with Crippen molar-refractivity contribution in [2.75, 3.05) is 13.2 Å². The number of primary amides is 1. The fraction of sp³-hybridized carbons (Fsp3) is 0.312. The molecular formula is C16H20N4O6S. The van der Waals surface area contributed by atoms with Crippen LogP contribution in [0.5, 0.6) is 0 Å². The van der Waals surface area contributed by atoms with E-state index in [2.05, 4.69) is 11.9 Å². The van der Waals surface area contributed by atoms with E-state index < -0.39 is 43.5 Å². The maximum absolute atomic E-state index is 13.1. The molecule has 2 rings (SSSR count). The molecule has 0 aliphatic carbocycles. The van der Waals surface area contributed by atoms with Gasteiger partial charge < -0.3 is 11.1 Å². The Morgan fingerprint density at radius 3 is 2.74 bits per heavy atom. The molecule has 0 radical (unpaired) electrons. The first-order valence-corrected chi connectivity index (χ1v) is 9.36. The molecule has 0 fully saturated rings. The van der Waals surface area contributed by atoms with Crippen LogP contribution in [0, 0.1) is 10.1 Å². The van der Waals surface area contributed by atoms with Gasteiger partial charge in [-0.2, -0.15) is 0 Å². The van der Waals surface area contributed by atoms with Crippen molar-refractivity contribution in [3.05, 3.63) is 58.7 Å². The molecule has 1 amide bonds. The number of amides is 1. The SMILES string of the molecule is C=CCON([C@H]1CN[C@H](C(N)=O)C=C1C)S(=O)(=O)c1ccccc1[N+](=O)[O-]. The van der Waals surface area contributed by atoms with E-state index in [-0.39, 0.29) is 13.2 Å². The third-order valence-electron chi connectivity index (χ3n) is 3.94. The van der Waals surface area contributed by atoms with Gasteiger partial charge >= 0.3 is 0 Å². The quantitative estimate of drug-likeness (QED) is 0.369. The summed E-state index contributed by atoms with van der Waals surface area (Å²) < 4.78 is 27.0. The third kappa shape index (κ3) is 4.39. The van der Waals surface area contributed by atoms with Gasteiger partial charge in [-0.05, 0) is 13.0 Å². The maximum Gasteiger partial charge on any atom is 0.289 e. The molecule has 3 N–H and O–H groups in total. The number of nitrogens with two attached hydrogens (primary N) is 1. The Morgan fingerprint density at radius 2 is 2.19 bits per heavy atom. The van der Waals surface area contributed by atoms with E-state index in [1.807, 2.05) is 0 Å². The highest BCUT2D eigenvalue weighted by Crippen LogP contribution is 2.30. The monoisotopic (exact) mass is 396 g/mol. The summed E-state index contributed by atoms with van der Waals surface area (Å²) in [5, 5.41) is 14.1. The first kappa shape index (κ1) is 20.7. The Hall–Kier alpha value is -2.60. The van der Waals surface area contributed by atoms with Crippen molar-refractivity contribution in [2.24, 2.45) is 5.73 Å². The van der Waals surface area contributed by atoms with E-state index >= 15 is 0 Å². The second-order valence-electron chi connectivity index (χ2n) is 5.78. The Labute approximate surface area is 156 Å². The zero-order valence-electron chi connectivity index (χ0n) is 14.6. The van der Waals surface area contributed by atoms with E-state index in [4.69, 9.17) is 10.6 Å². The van der Waals surface area contributed by atoms with Crippen molar-refractivity contribution < 1.29 is 23.0 Å². The number of sulfonamides is 1. The highest BCUT2D eigenvalue weighted by Gasteiger charge is 2.39. The molecule has 146 valence electrons. The van der Waals surface area contributed by atoms with Crippen LogP contribution in [0.4, 0.5) is 5.69 Å². The standard InChI is InChI=1S/C16H20N4O6S/c1-3-8-26-20(14-10-18-12(16(17)21)9-11(14)2)27(24,25)15-7-5-4-6-13(15)19(22)23/h3-7,9,12,14,18H,1,8,10H2,2H3,(H2,17,21)/t12-,14-/m0/s1. The molecule has 1 heterocycles. The molecule has 1 aromatic rings. The average Bonchev–Trinajstić information content (AvgIpc) is 2.62. The number of benzene rings is 1. The lowest BCUT2D eigenvalue weighted by atomic mass is 10.0. The van der Waals surface area contributed by atoms with Crippen LogP contribution in [-0.2, 0) is 19.7 Å². The average molecular weight is 396 g/mol. The first-order valence-electron chi connectivity index (χ1n) is 7.92. The van der Waals surface area contributed by atoms with Crippen LogP contribution in [0.1, 0.15) is 6.92 Å². The highest BCUT2D eigenvalue weighted by atomic mass is 32.2. The number of carbonyl (C=O) groups is 1. The minimum Gasteiger partial charge on any atom is -0.368 e. The summed E-state index contributed by atoms with van der Waals surface area (Å²) in [5.41, 5.74) is 5.22. The van der Waals surface area contributed by atoms with Gasteiger partial charge in [0.25, 0.3) is 15.7 Å². The molecule has 0 aromatic heterocycles. The number of hydrogen-bond acceptors (Lipinski definition) is 7. The van der Waals surface area contributed by atoms with Crippen LogP contribution in [-0.4, -0.2) is 49.0 Å². The number of rotatable bonds is 8. The lowest BCUT2D eigenvalue weighted by Crippen LogP contribution is -2.53. The first-order chi connectivity index (χ1) is 12.7. The molecule has 2 atom stereocenters. The summed E-state index contributed by atoms with van der Waals surface area (Å²) in [6.07, 6.45) is 2.85. The van der Waals surface area contributed by atoms with Gasteiger partial charge in [0.05, 0.1) is 17.6 Å². The van der Waals surface area contributed by atoms with Crippen molar-refractivity contribution in [1.82, 2.24) is 9.79 Å². The Balaban J connectivity index is 2.51. The molecule has 10 nitrogen and oxygen atoms in total. The van der Waals surface area contributed by atoms with E-state index in [0.29, 0.717) is 10.0 Å². The Kier molecular flexibility index (Phi) is 6.44. The van der Waals surface area contributed by atoms with Gasteiger partial charge in [-0.1, -0.05) is 34.3 Å². The molecule has 0 unspecified atom stereocenters. The number of nitro groups is 1. The summed E-state index contributed by atoms with van der Waals surface area (Å²) in [6, 6.07) is 3.43. The van der Waals surface area contributed by atoms with Gasteiger partial charge in [-0.25, -0.2) is 8.42 Å². The fourth-order valence-corrected chi connectivity index (χ4v) is 4.26. The van der Waals surface area contributed by atoms with Crippen molar-refractivity contribution >= 4 is 21.6 Å². The van der Waals surface area contributed by atoms with E-state index in [9.17, 15) is 23.3 Å². The summed E-state index contributed by atoms with van der Waals surface area (Å²) in [5.74, 6) is -0.604. The van der Waals surface area contributed by atoms with Crippen LogP contribution < -0.4 is 11.1 Å². The van der Waals surface area contributed by atoms with Gasteiger partial charge in [0, 0.05) is 12.6 Å². The number of nitrogens with zero attached hydrogens (tertiary/aromatic N) is 2. The van der Waals surface area contributed by atoms with Crippen LogP contribution in [0.2, 0.25) is 0 Å². The zero-order valence-corrected chi connectivity index (χ0v) is 15.4. The molecule has 1 aliphatic rings.